The average molecular weight is 522 g/mol. The molecule has 1 aromatic heterocycles. The van der Waals surface area contributed by atoms with Crippen molar-refractivity contribution in [2.45, 2.75) is 51.4 Å². The number of carbonyl (C=O) groups excluding carboxylic acids is 1. The number of carbonyl (C=O) groups is 1. The number of rotatable bonds is 11. The van der Waals surface area contributed by atoms with Gasteiger partial charge < -0.3 is 20.1 Å². The van der Waals surface area contributed by atoms with E-state index < -0.39 is 6.29 Å². The third kappa shape index (κ3) is 6.84. The van der Waals surface area contributed by atoms with Crippen molar-refractivity contribution >= 4 is 17.3 Å². The highest BCUT2D eigenvalue weighted by molar-refractivity contribution is 6.05. The standard InChI is InChI=1S/C33H35N3O3/c1-2-3-12-30(33-38-23-24-10-4-7-15-31(24)39-33)28-13-5-6-14-29(28)32(37)36-27-18-16-26(17-19-27)35-22-20-25-11-8-9-21-34-25/h4-11,13-19,21,30,33,35H,2-3,12,20,22-23H2,1H3,(H,36,37). The summed E-state index contributed by atoms with van der Waals surface area (Å²) >= 11 is 0. The molecule has 1 amide bonds. The van der Waals surface area contributed by atoms with Gasteiger partial charge in [-0.05, 0) is 60.5 Å². The molecule has 39 heavy (non-hydrogen) atoms. The highest BCUT2D eigenvalue weighted by atomic mass is 16.7. The molecule has 0 aliphatic carbocycles. The summed E-state index contributed by atoms with van der Waals surface area (Å²) in [5, 5.41) is 6.49. The van der Waals surface area contributed by atoms with Crippen LogP contribution < -0.4 is 15.4 Å². The van der Waals surface area contributed by atoms with Gasteiger partial charge in [0.05, 0.1) is 6.61 Å². The summed E-state index contributed by atoms with van der Waals surface area (Å²) < 4.78 is 12.5. The monoisotopic (exact) mass is 521 g/mol. The summed E-state index contributed by atoms with van der Waals surface area (Å²) in [4.78, 5) is 17.9. The minimum absolute atomic E-state index is 0.0639. The number of fused-ring (bicyclic) bond motifs is 1. The van der Waals surface area contributed by atoms with E-state index in [1.165, 1.54) is 0 Å². The van der Waals surface area contributed by atoms with Crippen LogP contribution in [0.5, 0.6) is 5.75 Å². The van der Waals surface area contributed by atoms with Crippen LogP contribution in [0.25, 0.3) is 0 Å². The molecule has 2 N–H and O–H groups in total. The van der Waals surface area contributed by atoms with E-state index in [2.05, 4.69) is 22.5 Å². The van der Waals surface area contributed by atoms with Crippen molar-refractivity contribution in [3.05, 3.63) is 120 Å². The first-order valence-corrected chi connectivity index (χ1v) is 13.7. The molecule has 2 atom stereocenters. The quantitative estimate of drug-likeness (QED) is 0.218. The van der Waals surface area contributed by atoms with Gasteiger partial charge in [-0.2, -0.15) is 0 Å². The van der Waals surface area contributed by atoms with Gasteiger partial charge in [-0.15, -0.1) is 0 Å². The van der Waals surface area contributed by atoms with Crippen molar-refractivity contribution in [3.63, 3.8) is 0 Å². The summed E-state index contributed by atoms with van der Waals surface area (Å²) in [6, 6.07) is 29.5. The van der Waals surface area contributed by atoms with E-state index in [4.69, 9.17) is 9.47 Å². The molecule has 6 nitrogen and oxygen atoms in total. The zero-order chi connectivity index (χ0) is 26.9. The molecule has 0 bridgehead atoms. The number of pyridine rings is 1. The smallest absolute Gasteiger partial charge is 0.255 e. The van der Waals surface area contributed by atoms with E-state index in [0.29, 0.717) is 12.2 Å². The second-order valence-electron chi connectivity index (χ2n) is 9.77. The van der Waals surface area contributed by atoms with Crippen molar-refractivity contribution in [1.82, 2.24) is 4.98 Å². The Morgan fingerprint density at radius 3 is 2.54 bits per heavy atom. The molecule has 1 aliphatic heterocycles. The Balaban J connectivity index is 1.26. The first kappa shape index (κ1) is 26.4. The maximum Gasteiger partial charge on any atom is 0.255 e. The Morgan fingerprint density at radius 2 is 1.72 bits per heavy atom. The molecule has 2 heterocycles. The molecule has 2 unspecified atom stereocenters. The molecule has 1 aliphatic rings. The third-order valence-corrected chi connectivity index (χ3v) is 7.00. The lowest BCUT2D eigenvalue weighted by molar-refractivity contribution is -0.124. The maximum absolute atomic E-state index is 13.5. The van der Waals surface area contributed by atoms with Gasteiger partial charge in [0.25, 0.3) is 5.91 Å². The summed E-state index contributed by atoms with van der Waals surface area (Å²) in [6.45, 7) is 3.45. The predicted molar refractivity (Wildman–Crippen MR) is 155 cm³/mol. The van der Waals surface area contributed by atoms with Crippen LogP contribution in [0.1, 0.15) is 59.3 Å². The molecule has 0 saturated heterocycles. The van der Waals surface area contributed by atoms with Gasteiger partial charge in [0.15, 0.2) is 0 Å². The van der Waals surface area contributed by atoms with E-state index >= 15 is 0 Å². The predicted octanol–water partition coefficient (Wildman–Crippen LogP) is 7.20. The molecule has 0 fully saturated rings. The molecule has 6 heteroatoms. The van der Waals surface area contributed by atoms with Gasteiger partial charge in [0.1, 0.15) is 5.75 Å². The van der Waals surface area contributed by atoms with Crippen molar-refractivity contribution in [3.8, 4) is 5.75 Å². The van der Waals surface area contributed by atoms with Crippen LogP contribution in [0, 0.1) is 0 Å². The van der Waals surface area contributed by atoms with Gasteiger partial charge in [-0.25, -0.2) is 0 Å². The average Bonchev–Trinajstić information content (AvgIpc) is 2.99. The Kier molecular flexibility index (Phi) is 8.86. The number of ether oxygens (including phenoxy) is 2. The van der Waals surface area contributed by atoms with Crippen LogP contribution in [0.3, 0.4) is 0 Å². The number of hydrogen-bond acceptors (Lipinski definition) is 5. The van der Waals surface area contributed by atoms with E-state index in [0.717, 1.165) is 66.2 Å². The third-order valence-electron chi connectivity index (χ3n) is 7.00. The van der Waals surface area contributed by atoms with Crippen molar-refractivity contribution < 1.29 is 14.3 Å². The number of unbranched alkanes of at least 4 members (excludes halogenated alkanes) is 1. The zero-order valence-corrected chi connectivity index (χ0v) is 22.3. The zero-order valence-electron chi connectivity index (χ0n) is 22.3. The number of anilines is 2. The fraction of sp³-hybridized carbons (Fsp3) is 0.273. The summed E-state index contributed by atoms with van der Waals surface area (Å²) in [6.07, 6.45) is 5.14. The van der Waals surface area contributed by atoms with Gasteiger partial charge in [-0.3, -0.25) is 9.78 Å². The highest BCUT2D eigenvalue weighted by Crippen LogP contribution is 2.36. The highest BCUT2D eigenvalue weighted by Gasteiger charge is 2.32. The normalized spacial score (nSPS) is 15.1. The van der Waals surface area contributed by atoms with Crippen LogP contribution >= 0.6 is 0 Å². The minimum Gasteiger partial charge on any atom is -0.464 e. The van der Waals surface area contributed by atoms with Crippen molar-refractivity contribution in [2.75, 3.05) is 17.2 Å². The minimum atomic E-state index is -0.447. The van der Waals surface area contributed by atoms with E-state index in [9.17, 15) is 4.79 Å². The SMILES string of the molecule is CCCCC(c1ccccc1C(=O)Nc1ccc(NCCc2ccccn2)cc1)C1OCc2ccccc2O1. The molecule has 4 aromatic rings. The van der Waals surface area contributed by atoms with Gasteiger partial charge >= 0.3 is 0 Å². The number of para-hydroxylation sites is 1. The lowest BCUT2D eigenvalue weighted by atomic mass is 9.88. The van der Waals surface area contributed by atoms with Gasteiger partial charge in [0.2, 0.25) is 6.29 Å². The van der Waals surface area contributed by atoms with Crippen LogP contribution in [0.2, 0.25) is 0 Å². The summed E-state index contributed by atoms with van der Waals surface area (Å²) in [5.74, 6) is 0.649. The Labute approximate surface area is 230 Å². The number of benzene rings is 3. The second-order valence-corrected chi connectivity index (χ2v) is 9.77. The summed E-state index contributed by atoms with van der Waals surface area (Å²) in [7, 11) is 0. The van der Waals surface area contributed by atoms with Gasteiger partial charge in [0, 0.05) is 53.3 Å². The molecule has 0 saturated carbocycles. The van der Waals surface area contributed by atoms with Crippen molar-refractivity contribution in [2.24, 2.45) is 0 Å². The summed E-state index contributed by atoms with van der Waals surface area (Å²) in [5.41, 5.74) is 5.43. The Morgan fingerprint density at radius 1 is 0.949 bits per heavy atom. The first-order valence-electron chi connectivity index (χ1n) is 13.7. The number of aromatic nitrogens is 1. The van der Waals surface area contributed by atoms with Crippen LogP contribution in [0.4, 0.5) is 11.4 Å². The molecular formula is C33H35N3O3. The topological polar surface area (TPSA) is 72.5 Å². The second kappa shape index (κ2) is 13.1. The van der Waals surface area contributed by atoms with Crippen molar-refractivity contribution in [1.29, 1.82) is 0 Å². The molecule has 5 rings (SSSR count). The fourth-order valence-corrected chi connectivity index (χ4v) is 4.91. The lowest BCUT2D eigenvalue weighted by Crippen LogP contribution is -2.33. The number of amides is 1. The number of nitrogens with zero attached hydrogens (tertiary/aromatic N) is 1. The molecular weight excluding hydrogens is 486 g/mol. The van der Waals surface area contributed by atoms with Gasteiger partial charge in [-0.1, -0.05) is 62.2 Å². The fourth-order valence-electron chi connectivity index (χ4n) is 4.91. The molecule has 0 spiro atoms. The van der Waals surface area contributed by atoms with E-state index in [1.54, 1.807) is 0 Å². The molecule has 200 valence electrons. The Bertz CT molecular complexity index is 1360. The maximum atomic E-state index is 13.5. The van der Waals surface area contributed by atoms with Crippen LogP contribution in [0.15, 0.2) is 97.2 Å². The lowest BCUT2D eigenvalue weighted by Gasteiger charge is -2.33. The molecule has 3 aromatic carbocycles. The van der Waals surface area contributed by atoms with E-state index in [-0.39, 0.29) is 11.8 Å². The van der Waals surface area contributed by atoms with E-state index in [1.807, 2.05) is 97.2 Å². The van der Waals surface area contributed by atoms with Crippen LogP contribution in [-0.4, -0.2) is 23.7 Å². The van der Waals surface area contributed by atoms with Crippen LogP contribution in [-0.2, 0) is 17.8 Å². The first-order chi connectivity index (χ1) is 19.2. The Hall–Kier alpha value is -4.16. The number of hydrogen-bond donors (Lipinski definition) is 2. The number of nitrogens with one attached hydrogen (secondary N) is 2. The molecule has 0 radical (unpaired) electrons. The largest absolute Gasteiger partial charge is 0.464 e.